The van der Waals surface area contributed by atoms with Crippen LogP contribution in [-0.2, 0) is 19.7 Å². The minimum atomic E-state index is -0.691. The first-order chi connectivity index (χ1) is 11.2. The molecule has 24 heavy (non-hydrogen) atoms. The molecule has 136 valence electrons. The molecule has 1 fully saturated rings. The topological polar surface area (TPSA) is 85.6 Å². The van der Waals surface area contributed by atoms with Crippen LogP contribution >= 0.6 is 0 Å². The normalized spacial score (nSPS) is 19.3. The molecule has 0 radical (unpaired) electrons. The number of hydrogen-bond donors (Lipinski definition) is 2. The van der Waals surface area contributed by atoms with E-state index in [-0.39, 0.29) is 17.6 Å². The van der Waals surface area contributed by atoms with Crippen molar-refractivity contribution in [1.29, 1.82) is 0 Å². The van der Waals surface area contributed by atoms with E-state index in [4.69, 9.17) is 14.0 Å². The molecule has 2 rings (SSSR count). The molecule has 2 N–H and O–H groups in total. The second kappa shape index (κ2) is 7.63. The van der Waals surface area contributed by atoms with Gasteiger partial charge in [-0.15, -0.1) is 0 Å². The lowest BCUT2D eigenvalue weighted by molar-refractivity contribution is -0.170. The van der Waals surface area contributed by atoms with Crippen molar-refractivity contribution in [2.75, 3.05) is 25.6 Å². The number of anilines is 1. The molecule has 1 aliphatic rings. The van der Waals surface area contributed by atoms with Crippen LogP contribution < -0.4 is 10.6 Å². The predicted molar refractivity (Wildman–Crippen MR) is 90.8 cm³/mol. The summed E-state index contributed by atoms with van der Waals surface area (Å²) in [6.07, 6.45) is 3.01. The van der Waals surface area contributed by atoms with Gasteiger partial charge in [0, 0.05) is 18.1 Å². The van der Waals surface area contributed by atoms with Crippen LogP contribution in [0.5, 0.6) is 0 Å². The van der Waals surface area contributed by atoms with Gasteiger partial charge in [-0.25, -0.2) is 0 Å². The highest BCUT2D eigenvalue weighted by atomic mass is 16.7. The molecule has 0 bridgehead atoms. The maximum Gasteiger partial charge on any atom is 0.246 e. The number of nitrogens with one attached hydrogen (secondary N) is 2. The third-order valence-corrected chi connectivity index (χ3v) is 4.40. The minimum Gasteiger partial charge on any atom is -0.353 e. The van der Waals surface area contributed by atoms with Crippen molar-refractivity contribution >= 4 is 11.8 Å². The maximum absolute atomic E-state index is 12.2. The summed E-state index contributed by atoms with van der Waals surface area (Å²) in [5.74, 6) is 0.151. The molecule has 1 aliphatic heterocycles. The summed E-state index contributed by atoms with van der Waals surface area (Å²) in [7, 11) is 1.74. The fraction of sp³-hybridized carbons (Fsp3) is 0.765. The first-order valence-corrected chi connectivity index (χ1v) is 8.45. The zero-order valence-corrected chi connectivity index (χ0v) is 15.3. The van der Waals surface area contributed by atoms with E-state index >= 15 is 0 Å². The summed E-state index contributed by atoms with van der Waals surface area (Å²) >= 11 is 0. The first-order valence-electron chi connectivity index (χ1n) is 8.45. The van der Waals surface area contributed by atoms with Gasteiger partial charge in [0.15, 0.2) is 6.29 Å². The Balaban J connectivity index is 1.93. The number of carbonyl (C=O) groups excluding carboxylic acids is 1. The lowest BCUT2D eigenvalue weighted by atomic mass is 9.90. The molecule has 0 aromatic carbocycles. The van der Waals surface area contributed by atoms with E-state index in [0.29, 0.717) is 12.5 Å². The monoisotopic (exact) mass is 339 g/mol. The third kappa shape index (κ3) is 4.78. The summed E-state index contributed by atoms with van der Waals surface area (Å²) in [5, 5.41) is 9.76. The highest BCUT2D eigenvalue weighted by molar-refractivity contribution is 5.96. The number of aromatic nitrogens is 1. The van der Waals surface area contributed by atoms with Crippen molar-refractivity contribution in [3.8, 4) is 0 Å². The van der Waals surface area contributed by atoms with Crippen molar-refractivity contribution in [3.05, 3.63) is 11.8 Å². The van der Waals surface area contributed by atoms with Gasteiger partial charge < -0.3 is 19.3 Å². The first kappa shape index (κ1) is 18.9. The molecule has 2 heterocycles. The van der Waals surface area contributed by atoms with E-state index in [1.54, 1.807) is 27.0 Å². The molecule has 0 aliphatic carbocycles. The van der Waals surface area contributed by atoms with Crippen molar-refractivity contribution < 1.29 is 18.8 Å². The van der Waals surface area contributed by atoms with E-state index < -0.39 is 5.54 Å². The Morgan fingerprint density at radius 3 is 2.75 bits per heavy atom. The molecule has 1 amide bonds. The van der Waals surface area contributed by atoms with Crippen molar-refractivity contribution in [1.82, 2.24) is 10.5 Å². The van der Waals surface area contributed by atoms with Gasteiger partial charge in [-0.2, -0.15) is 0 Å². The molecule has 0 saturated carbocycles. The van der Waals surface area contributed by atoms with Gasteiger partial charge in [-0.1, -0.05) is 19.0 Å². The standard InChI is InChI=1S/C17H29N3O4/c1-16(2,11-23-14-8-6-7-9-22-14)12-10-13(24-20-12)19-15(21)17(3,4)18-5/h10,14,18H,6-9,11H2,1-5H3,(H,19,21). The molecular formula is C17H29N3O4. The molecule has 1 unspecified atom stereocenters. The highest BCUT2D eigenvalue weighted by Crippen LogP contribution is 2.27. The highest BCUT2D eigenvalue weighted by Gasteiger charge is 2.30. The van der Waals surface area contributed by atoms with Gasteiger partial charge in [0.25, 0.3) is 0 Å². The Morgan fingerprint density at radius 1 is 1.38 bits per heavy atom. The van der Waals surface area contributed by atoms with Crippen molar-refractivity contribution in [3.63, 3.8) is 0 Å². The molecular weight excluding hydrogens is 310 g/mol. The van der Waals surface area contributed by atoms with E-state index in [9.17, 15) is 4.79 Å². The number of hydrogen-bond acceptors (Lipinski definition) is 6. The van der Waals surface area contributed by atoms with E-state index in [1.807, 2.05) is 13.8 Å². The van der Waals surface area contributed by atoms with E-state index in [0.717, 1.165) is 31.6 Å². The van der Waals surface area contributed by atoms with Gasteiger partial charge >= 0.3 is 0 Å². The van der Waals surface area contributed by atoms with Crippen LogP contribution in [0.4, 0.5) is 5.88 Å². The minimum absolute atomic E-state index is 0.138. The zero-order valence-electron chi connectivity index (χ0n) is 15.3. The molecule has 1 aromatic heterocycles. The lowest BCUT2D eigenvalue weighted by Crippen LogP contribution is -2.47. The van der Waals surface area contributed by atoms with Crippen LogP contribution in [0.25, 0.3) is 0 Å². The van der Waals surface area contributed by atoms with Crippen molar-refractivity contribution in [2.45, 2.75) is 64.2 Å². The smallest absolute Gasteiger partial charge is 0.246 e. The van der Waals surface area contributed by atoms with Crippen LogP contribution in [0.2, 0.25) is 0 Å². The van der Waals surface area contributed by atoms with Crippen LogP contribution in [0.15, 0.2) is 10.6 Å². The number of amides is 1. The second-order valence-corrected chi connectivity index (χ2v) is 7.40. The number of ether oxygens (including phenoxy) is 2. The summed E-state index contributed by atoms with van der Waals surface area (Å²) in [5.41, 5.74) is -0.300. The van der Waals surface area contributed by atoms with Gasteiger partial charge in [-0.05, 0) is 40.2 Å². The number of carbonyl (C=O) groups is 1. The Bertz CT molecular complexity index is 548. The number of nitrogens with zero attached hydrogens (tertiary/aromatic N) is 1. The van der Waals surface area contributed by atoms with Crippen LogP contribution in [0, 0.1) is 0 Å². The fourth-order valence-electron chi connectivity index (χ4n) is 2.25. The van der Waals surface area contributed by atoms with Crippen LogP contribution in [0.3, 0.4) is 0 Å². The van der Waals surface area contributed by atoms with Crippen LogP contribution in [0.1, 0.15) is 52.7 Å². The number of likely N-dealkylation sites (N-methyl/N-ethyl adjacent to an activating group) is 1. The lowest BCUT2D eigenvalue weighted by Gasteiger charge is -2.28. The third-order valence-electron chi connectivity index (χ3n) is 4.40. The largest absolute Gasteiger partial charge is 0.353 e. The SMILES string of the molecule is CNC(C)(C)C(=O)Nc1cc(C(C)(C)COC2CCCCO2)no1. The van der Waals surface area contributed by atoms with E-state index in [1.165, 1.54) is 0 Å². The molecule has 1 aromatic rings. The van der Waals surface area contributed by atoms with Gasteiger partial charge in [0.2, 0.25) is 11.8 Å². The summed E-state index contributed by atoms with van der Waals surface area (Å²) < 4.78 is 16.7. The van der Waals surface area contributed by atoms with Crippen molar-refractivity contribution in [2.24, 2.45) is 0 Å². The van der Waals surface area contributed by atoms with Gasteiger partial charge in [0.1, 0.15) is 0 Å². The van der Waals surface area contributed by atoms with E-state index in [2.05, 4.69) is 15.8 Å². The second-order valence-electron chi connectivity index (χ2n) is 7.40. The molecule has 1 atom stereocenters. The summed E-state index contributed by atoms with van der Waals surface area (Å²) in [6, 6.07) is 1.74. The predicted octanol–water partition coefficient (Wildman–Crippen LogP) is 2.43. The maximum atomic E-state index is 12.2. The molecule has 0 spiro atoms. The average Bonchev–Trinajstić information content (AvgIpc) is 3.03. The molecule has 1 saturated heterocycles. The Morgan fingerprint density at radius 2 is 2.12 bits per heavy atom. The summed E-state index contributed by atoms with van der Waals surface area (Å²) in [6.45, 7) is 8.86. The Labute approximate surface area is 143 Å². The zero-order chi connectivity index (χ0) is 17.8. The Kier molecular flexibility index (Phi) is 6.01. The van der Waals surface area contributed by atoms with Gasteiger partial charge in [0.05, 0.1) is 17.8 Å². The number of rotatable bonds is 7. The van der Waals surface area contributed by atoms with Crippen LogP contribution in [-0.4, -0.2) is 43.2 Å². The molecule has 7 heteroatoms. The quantitative estimate of drug-likeness (QED) is 0.793. The summed E-state index contributed by atoms with van der Waals surface area (Å²) in [4.78, 5) is 12.2. The van der Waals surface area contributed by atoms with Gasteiger partial charge in [-0.3, -0.25) is 10.1 Å². The Hall–Kier alpha value is -1.44. The fourth-order valence-corrected chi connectivity index (χ4v) is 2.25. The molecule has 7 nitrogen and oxygen atoms in total. The average molecular weight is 339 g/mol.